The molecule has 19 heavy (non-hydrogen) atoms. The summed E-state index contributed by atoms with van der Waals surface area (Å²) in [5, 5.41) is 8.15. The Morgan fingerprint density at radius 1 is 1.11 bits per heavy atom. The smallest absolute Gasteiger partial charge is 0.0751 e. The van der Waals surface area contributed by atoms with Crippen LogP contribution in [0.4, 0.5) is 5.69 Å². The highest BCUT2D eigenvalue weighted by Gasteiger charge is 2.08. The van der Waals surface area contributed by atoms with Gasteiger partial charge in [-0.25, -0.2) is 0 Å². The van der Waals surface area contributed by atoms with Crippen molar-refractivity contribution in [1.29, 1.82) is 0 Å². The molecule has 0 aliphatic heterocycles. The molecule has 3 heteroatoms. The molecule has 0 fully saturated rings. The molecule has 0 unspecified atom stereocenters. The van der Waals surface area contributed by atoms with Crippen molar-refractivity contribution in [2.45, 2.75) is 33.2 Å². The second-order valence-electron chi connectivity index (χ2n) is 5.93. The first-order chi connectivity index (χ1) is 8.97. The van der Waals surface area contributed by atoms with Gasteiger partial charge < -0.3 is 10.6 Å². The minimum absolute atomic E-state index is 0.165. The Balaban J connectivity index is 2.07. The van der Waals surface area contributed by atoms with Crippen molar-refractivity contribution in [2.24, 2.45) is 0 Å². The number of pyridine rings is 1. The van der Waals surface area contributed by atoms with E-state index in [1.54, 1.807) is 0 Å². The number of rotatable bonds is 4. The second-order valence-corrected chi connectivity index (χ2v) is 5.93. The summed E-state index contributed by atoms with van der Waals surface area (Å²) >= 11 is 0. The lowest BCUT2D eigenvalue weighted by Gasteiger charge is -2.21. The van der Waals surface area contributed by atoms with Gasteiger partial charge in [0.25, 0.3) is 0 Å². The second kappa shape index (κ2) is 5.57. The largest absolute Gasteiger partial charge is 0.383 e. The fourth-order valence-corrected chi connectivity index (χ4v) is 2.10. The molecule has 0 saturated carbocycles. The molecule has 0 radical (unpaired) electrons. The van der Waals surface area contributed by atoms with E-state index >= 15 is 0 Å². The van der Waals surface area contributed by atoms with Crippen molar-refractivity contribution in [2.75, 3.05) is 18.4 Å². The summed E-state index contributed by atoms with van der Waals surface area (Å²) in [5.41, 5.74) is 3.62. The number of hydrogen-bond donors (Lipinski definition) is 2. The van der Waals surface area contributed by atoms with Crippen LogP contribution in [0.3, 0.4) is 0 Å². The molecule has 2 N–H and O–H groups in total. The quantitative estimate of drug-likeness (QED) is 0.825. The summed E-state index contributed by atoms with van der Waals surface area (Å²) in [5.74, 6) is 0. The highest BCUT2D eigenvalue weighted by molar-refractivity contribution is 5.93. The Morgan fingerprint density at radius 2 is 1.89 bits per heavy atom. The molecule has 0 aliphatic carbocycles. The summed E-state index contributed by atoms with van der Waals surface area (Å²) < 4.78 is 0. The Kier molecular flexibility index (Phi) is 4.05. The van der Waals surface area contributed by atoms with Crippen molar-refractivity contribution in [3.05, 3.63) is 36.0 Å². The van der Waals surface area contributed by atoms with Gasteiger partial charge in [-0.3, -0.25) is 4.98 Å². The van der Waals surface area contributed by atoms with E-state index in [0.29, 0.717) is 0 Å². The van der Waals surface area contributed by atoms with Crippen LogP contribution in [0.15, 0.2) is 30.5 Å². The lowest BCUT2D eigenvalue weighted by Crippen LogP contribution is -2.38. The number of aromatic nitrogens is 1. The van der Waals surface area contributed by atoms with Gasteiger partial charge in [-0.2, -0.15) is 0 Å². The molecule has 1 aromatic heterocycles. The third kappa shape index (κ3) is 3.67. The van der Waals surface area contributed by atoms with Crippen molar-refractivity contribution < 1.29 is 0 Å². The highest BCUT2D eigenvalue weighted by atomic mass is 15.0. The van der Waals surface area contributed by atoms with Crippen LogP contribution in [0.2, 0.25) is 0 Å². The maximum absolute atomic E-state index is 4.45. The molecule has 3 nitrogen and oxygen atoms in total. The Labute approximate surface area is 115 Å². The van der Waals surface area contributed by atoms with E-state index in [-0.39, 0.29) is 5.54 Å². The van der Waals surface area contributed by atoms with Crippen molar-refractivity contribution in [3.63, 3.8) is 0 Å². The van der Waals surface area contributed by atoms with Gasteiger partial charge in [0, 0.05) is 35.9 Å². The molecule has 0 spiro atoms. The van der Waals surface area contributed by atoms with E-state index < -0.39 is 0 Å². The molecule has 0 bridgehead atoms. The van der Waals surface area contributed by atoms with Crippen LogP contribution >= 0.6 is 0 Å². The van der Waals surface area contributed by atoms with E-state index in [0.717, 1.165) is 24.3 Å². The van der Waals surface area contributed by atoms with Crippen LogP contribution in [0, 0.1) is 6.92 Å². The third-order valence-electron chi connectivity index (χ3n) is 3.07. The first-order valence-electron chi connectivity index (χ1n) is 6.80. The zero-order valence-corrected chi connectivity index (χ0v) is 12.2. The first kappa shape index (κ1) is 13.8. The predicted octanol–water partition coefficient (Wildman–Crippen LogP) is 3.34. The number of anilines is 1. The molecule has 102 valence electrons. The lowest BCUT2D eigenvalue weighted by molar-refractivity contribution is 0.435. The van der Waals surface area contributed by atoms with E-state index in [1.807, 2.05) is 12.3 Å². The summed E-state index contributed by atoms with van der Waals surface area (Å²) in [6.45, 7) is 10.5. The summed E-state index contributed by atoms with van der Waals surface area (Å²) in [4.78, 5) is 4.45. The number of nitrogens with one attached hydrogen (secondary N) is 2. The molecule has 2 aromatic rings. The number of fused-ring (bicyclic) bond motifs is 1. The highest BCUT2D eigenvalue weighted by Crippen LogP contribution is 2.24. The maximum atomic E-state index is 4.45. The summed E-state index contributed by atoms with van der Waals surface area (Å²) in [6, 6.07) is 8.36. The van der Waals surface area contributed by atoms with Crippen LogP contribution in [0.5, 0.6) is 0 Å². The normalized spacial score (nSPS) is 11.8. The molecule has 1 heterocycles. The monoisotopic (exact) mass is 257 g/mol. The SMILES string of the molecule is Cc1ccc(NCCNC(C)(C)C)c2cccnc12. The van der Waals surface area contributed by atoms with Crippen molar-refractivity contribution in [1.82, 2.24) is 10.3 Å². The molecule has 0 aliphatic rings. The van der Waals surface area contributed by atoms with Gasteiger partial charge in [0.05, 0.1) is 5.52 Å². The molecule has 0 amide bonds. The minimum Gasteiger partial charge on any atom is -0.383 e. The van der Waals surface area contributed by atoms with E-state index in [1.165, 1.54) is 10.9 Å². The van der Waals surface area contributed by atoms with Gasteiger partial charge in [0.1, 0.15) is 0 Å². The van der Waals surface area contributed by atoms with Gasteiger partial charge in [-0.05, 0) is 51.5 Å². The molecule has 0 atom stereocenters. The summed E-state index contributed by atoms with van der Waals surface area (Å²) in [7, 11) is 0. The number of nitrogens with zero attached hydrogens (tertiary/aromatic N) is 1. The number of hydrogen-bond acceptors (Lipinski definition) is 3. The van der Waals surface area contributed by atoms with Crippen molar-refractivity contribution >= 4 is 16.6 Å². The average molecular weight is 257 g/mol. The zero-order valence-electron chi connectivity index (χ0n) is 12.2. The van der Waals surface area contributed by atoms with E-state index in [2.05, 4.69) is 61.5 Å². The zero-order chi connectivity index (χ0) is 13.9. The van der Waals surface area contributed by atoms with Gasteiger partial charge >= 0.3 is 0 Å². The predicted molar refractivity (Wildman–Crippen MR) is 82.7 cm³/mol. The van der Waals surface area contributed by atoms with Crippen molar-refractivity contribution in [3.8, 4) is 0 Å². The minimum atomic E-state index is 0.165. The molecule has 2 rings (SSSR count). The number of benzene rings is 1. The molecular weight excluding hydrogens is 234 g/mol. The summed E-state index contributed by atoms with van der Waals surface area (Å²) in [6.07, 6.45) is 1.85. The van der Waals surface area contributed by atoms with Gasteiger partial charge in [0.15, 0.2) is 0 Å². The Morgan fingerprint density at radius 3 is 2.63 bits per heavy atom. The van der Waals surface area contributed by atoms with E-state index in [9.17, 15) is 0 Å². The molecule has 0 saturated heterocycles. The Hall–Kier alpha value is -1.61. The van der Waals surface area contributed by atoms with Crippen LogP contribution in [-0.4, -0.2) is 23.6 Å². The molecular formula is C16H23N3. The maximum Gasteiger partial charge on any atom is 0.0751 e. The van der Waals surface area contributed by atoms with Gasteiger partial charge in [-0.1, -0.05) is 6.07 Å². The van der Waals surface area contributed by atoms with E-state index in [4.69, 9.17) is 0 Å². The lowest BCUT2D eigenvalue weighted by atomic mass is 10.1. The van der Waals surface area contributed by atoms with Crippen LogP contribution < -0.4 is 10.6 Å². The van der Waals surface area contributed by atoms with Crippen LogP contribution in [0.1, 0.15) is 26.3 Å². The standard InChI is InChI=1S/C16H23N3/c1-12-7-8-14(13-6-5-9-18-15(12)13)17-10-11-19-16(2,3)4/h5-9,17,19H,10-11H2,1-4H3. The topological polar surface area (TPSA) is 37.0 Å². The fourth-order valence-electron chi connectivity index (χ4n) is 2.10. The van der Waals surface area contributed by atoms with Gasteiger partial charge in [-0.15, -0.1) is 0 Å². The van der Waals surface area contributed by atoms with Crippen LogP contribution in [-0.2, 0) is 0 Å². The third-order valence-corrected chi connectivity index (χ3v) is 3.07. The molecule has 1 aromatic carbocycles. The fraction of sp³-hybridized carbons (Fsp3) is 0.438. The average Bonchev–Trinajstić information content (AvgIpc) is 2.36. The van der Waals surface area contributed by atoms with Crippen LogP contribution in [0.25, 0.3) is 10.9 Å². The van der Waals surface area contributed by atoms with Gasteiger partial charge in [0.2, 0.25) is 0 Å². The first-order valence-corrected chi connectivity index (χ1v) is 6.80. The Bertz CT molecular complexity index is 555. The number of aryl methyl sites for hydroxylation is 1.